The van der Waals surface area contributed by atoms with Gasteiger partial charge in [0.15, 0.2) is 0 Å². The molecule has 0 radical (unpaired) electrons. The number of rotatable bonds is 6. The second-order valence-electron chi connectivity index (χ2n) is 5.93. The van der Waals surface area contributed by atoms with Gasteiger partial charge in [-0.1, -0.05) is 18.2 Å². The molecule has 1 saturated heterocycles. The fourth-order valence-electron chi connectivity index (χ4n) is 2.78. The van der Waals surface area contributed by atoms with Crippen LogP contribution < -0.4 is 10.5 Å². The quantitative estimate of drug-likeness (QED) is 0.586. The van der Waals surface area contributed by atoms with Gasteiger partial charge in [0.1, 0.15) is 29.5 Å². The molecule has 144 valence electrons. The summed E-state index contributed by atoms with van der Waals surface area (Å²) in [5.41, 5.74) is 6.79. The Hall–Kier alpha value is -2.39. The molecular formula is C18H18F2N2O4S. The number of thioether (sulfide) groups is 1. The second kappa shape index (κ2) is 8.10. The standard InChI is InChI=1S/C18H18F2N2O4S/c1-25-12-5-2-10(3-6-12)8-26-18(24)15-11(4-7-13(19)20)9-27-17-14(21)16(23)22(15)17/h2-7,13-14,17H,8-9,21H2,1H3/b7-4-/t14-,17-/m1/s1. The average Bonchev–Trinajstić information content (AvgIpc) is 2.69. The summed E-state index contributed by atoms with van der Waals surface area (Å²) in [4.78, 5) is 26.0. The molecule has 2 N–H and O–H groups in total. The smallest absolute Gasteiger partial charge is 0.355 e. The van der Waals surface area contributed by atoms with E-state index in [0.29, 0.717) is 23.2 Å². The molecule has 27 heavy (non-hydrogen) atoms. The molecule has 1 aromatic rings. The summed E-state index contributed by atoms with van der Waals surface area (Å²) in [6.45, 7) is -0.0237. The Morgan fingerprint density at radius 2 is 2.11 bits per heavy atom. The number of hydrogen-bond donors (Lipinski definition) is 1. The van der Waals surface area contributed by atoms with Crippen molar-refractivity contribution < 1.29 is 27.8 Å². The molecule has 1 fully saturated rings. The Kier molecular flexibility index (Phi) is 5.81. The summed E-state index contributed by atoms with van der Waals surface area (Å²) in [6, 6.07) is 6.22. The minimum Gasteiger partial charge on any atom is -0.497 e. The Labute approximate surface area is 159 Å². The maximum atomic E-state index is 12.6. The molecule has 2 aliphatic rings. The summed E-state index contributed by atoms with van der Waals surface area (Å²) in [7, 11) is 1.54. The van der Waals surface area contributed by atoms with Crippen molar-refractivity contribution in [1.82, 2.24) is 4.90 Å². The fourth-order valence-corrected chi connectivity index (χ4v) is 4.05. The zero-order valence-corrected chi connectivity index (χ0v) is 15.2. The van der Waals surface area contributed by atoms with Crippen LogP contribution in [0.2, 0.25) is 0 Å². The third kappa shape index (κ3) is 3.98. The van der Waals surface area contributed by atoms with E-state index in [2.05, 4.69) is 0 Å². The third-order valence-electron chi connectivity index (χ3n) is 4.20. The molecule has 0 aliphatic carbocycles. The highest BCUT2D eigenvalue weighted by atomic mass is 32.2. The highest BCUT2D eigenvalue weighted by Gasteiger charge is 2.51. The predicted molar refractivity (Wildman–Crippen MR) is 96.0 cm³/mol. The number of nitrogens with zero attached hydrogens (tertiary/aromatic N) is 1. The summed E-state index contributed by atoms with van der Waals surface area (Å²) >= 11 is 1.33. The van der Waals surface area contributed by atoms with Gasteiger partial charge in [0, 0.05) is 5.75 Å². The molecule has 0 spiro atoms. The van der Waals surface area contributed by atoms with Gasteiger partial charge in [0.25, 0.3) is 6.43 Å². The van der Waals surface area contributed by atoms with Gasteiger partial charge in [-0.25, -0.2) is 13.6 Å². The van der Waals surface area contributed by atoms with Crippen molar-refractivity contribution in [2.24, 2.45) is 5.73 Å². The van der Waals surface area contributed by atoms with Gasteiger partial charge in [-0.05, 0) is 29.3 Å². The van der Waals surface area contributed by atoms with E-state index >= 15 is 0 Å². The van der Waals surface area contributed by atoms with E-state index in [9.17, 15) is 18.4 Å². The number of β-lactam (4-membered cyclic amide) rings is 1. The molecule has 9 heteroatoms. The Morgan fingerprint density at radius 1 is 1.41 bits per heavy atom. The molecule has 1 aromatic carbocycles. The van der Waals surface area contributed by atoms with Gasteiger partial charge in [-0.2, -0.15) is 0 Å². The number of carbonyl (C=O) groups excluding carboxylic acids is 2. The number of nitrogens with two attached hydrogens (primary N) is 1. The van der Waals surface area contributed by atoms with E-state index in [0.717, 1.165) is 11.6 Å². The van der Waals surface area contributed by atoms with Crippen molar-refractivity contribution in [3.63, 3.8) is 0 Å². The van der Waals surface area contributed by atoms with E-state index in [4.69, 9.17) is 15.2 Å². The topological polar surface area (TPSA) is 81.9 Å². The molecule has 0 saturated carbocycles. The maximum absolute atomic E-state index is 12.6. The first-order valence-corrected chi connectivity index (χ1v) is 9.17. The Balaban J connectivity index is 1.79. The fraction of sp³-hybridized carbons (Fsp3) is 0.333. The highest BCUT2D eigenvalue weighted by Crippen LogP contribution is 2.40. The van der Waals surface area contributed by atoms with Crippen molar-refractivity contribution in [3.05, 3.63) is 53.3 Å². The van der Waals surface area contributed by atoms with Crippen molar-refractivity contribution in [2.45, 2.75) is 24.4 Å². The largest absolute Gasteiger partial charge is 0.497 e. The van der Waals surface area contributed by atoms with Crippen LogP contribution >= 0.6 is 11.8 Å². The van der Waals surface area contributed by atoms with E-state index in [1.165, 1.54) is 16.7 Å². The molecule has 3 rings (SSSR count). The average molecular weight is 396 g/mol. The number of halogens is 2. The summed E-state index contributed by atoms with van der Waals surface area (Å²) in [5, 5.41) is -0.385. The molecule has 2 aliphatic heterocycles. The molecule has 0 bridgehead atoms. The number of ether oxygens (including phenoxy) is 2. The van der Waals surface area contributed by atoms with Gasteiger partial charge in [-0.3, -0.25) is 9.69 Å². The number of fused-ring (bicyclic) bond motifs is 1. The highest BCUT2D eigenvalue weighted by molar-refractivity contribution is 8.00. The third-order valence-corrected chi connectivity index (χ3v) is 5.53. The second-order valence-corrected chi connectivity index (χ2v) is 7.03. The normalized spacial score (nSPS) is 22.1. The molecule has 0 aromatic heterocycles. The van der Waals surface area contributed by atoms with Gasteiger partial charge in [0.2, 0.25) is 5.91 Å². The Morgan fingerprint density at radius 3 is 2.74 bits per heavy atom. The lowest BCUT2D eigenvalue weighted by Gasteiger charge is -2.48. The van der Waals surface area contributed by atoms with Crippen molar-refractivity contribution in [3.8, 4) is 5.75 Å². The van der Waals surface area contributed by atoms with Crippen LogP contribution in [0.25, 0.3) is 0 Å². The summed E-state index contributed by atoms with van der Waals surface area (Å²) < 4.78 is 35.4. The van der Waals surface area contributed by atoms with Crippen LogP contribution in [0.3, 0.4) is 0 Å². The SMILES string of the molecule is COc1ccc(COC(=O)C2=C(/C=C\C(F)F)CS[C@@H]3[C@H](N)C(=O)N23)cc1. The lowest BCUT2D eigenvalue weighted by molar-refractivity contribution is -0.151. The maximum Gasteiger partial charge on any atom is 0.355 e. The van der Waals surface area contributed by atoms with E-state index in [-0.39, 0.29) is 17.7 Å². The van der Waals surface area contributed by atoms with Gasteiger partial charge in [-0.15, -0.1) is 11.8 Å². The van der Waals surface area contributed by atoms with Crippen LogP contribution in [0, 0.1) is 0 Å². The van der Waals surface area contributed by atoms with Crippen LogP contribution in [0.5, 0.6) is 5.75 Å². The van der Waals surface area contributed by atoms with Crippen LogP contribution in [0.4, 0.5) is 8.78 Å². The molecule has 2 heterocycles. The lowest BCUT2D eigenvalue weighted by Crippen LogP contribution is -2.68. The zero-order valence-electron chi connectivity index (χ0n) is 14.4. The monoisotopic (exact) mass is 396 g/mol. The number of benzene rings is 1. The van der Waals surface area contributed by atoms with Crippen molar-refractivity contribution in [2.75, 3.05) is 12.9 Å². The number of hydrogen-bond acceptors (Lipinski definition) is 6. The number of allylic oxidation sites excluding steroid dienone is 2. The minimum atomic E-state index is -2.66. The zero-order chi connectivity index (χ0) is 19.6. The molecular weight excluding hydrogens is 378 g/mol. The van der Waals surface area contributed by atoms with E-state index in [1.54, 1.807) is 31.4 Å². The summed E-state index contributed by atoms with van der Waals surface area (Å²) in [5.74, 6) is -0.213. The number of methoxy groups -OCH3 is 1. The van der Waals surface area contributed by atoms with E-state index < -0.39 is 24.3 Å². The van der Waals surface area contributed by atoms with Crippen LogP contribution in [-0.2, 0) is 20.9 Å². The lowest BCUT2D eigenvalue weighted by atomic mass is 10.0. The van der Waals surface area contributed by atoms with Crippen molar-refractivity contribution in [1.29, 1.82) is 0 Å². The molecule has 2 atom stereocenters. The summed E-state index contributed by atoms with van der Waals surface area (Å²) in [6.07, 6.45) is -0.822. The van der Waals surface area contributed by atoms with E-state index in [1.807, 2.05) is 0 Å². The first kappa shape index (κ1) is 19.4. The van der Waals surface area contributed by atoms with Crippen LogP contribution in [0.15, 0.2) is 47.7 Å². The number of esters is 1. The molecule has 1 amide bonds. The van der Waals surface area contributed by atoms with Crippen LogP contribution in [0.1, 0.15) is 5.56 Å². The number of carbonyl (C=O) groups is 2. The Bertz CT molecular complexity index is 795. The molecule has 0 unspecified atom stereocenters. The van der Waals surface area contributed by atoms with Gasteiger partial charge in [0.05, 0.1) is 7.11 Å². The number of amides is 1. The van der Waals surface area contributed by atoms with Crippen LogP contribution in [-0.4, -0.2) is 47.5 Å². The van der Waals surface area contributed by atoms with Gasteiger partial charge >= 0.3 is 5.97 Å². The first-order chi connectivity index (χ1) is 12.9. The van der Waals surface area contributed by atoms with Gasteiger partial charge < -0.3 is 15.2 Å². The minimum absolute atomic E-state index is 0.0177. The predicted octanol–water partition coefficient (Wildman–Crippen LogP) is 2.06. The van der Waals surface area contributed by atoms with Crippen molar-refractivity contribution >= 4 is 23.6 Å². The first-order valence-electron chi connectivity index (χ1n) is 8.12. The molecule has 6 nitrogen and oxygen atoms in total. The number of alkyl halides is 2.